The molecule has 1 aromatic rings. The van der Waals surface area contributed by atoms with Gasteiger partial charge in [0.05, 0.1) is 30.8 Å². The molecule has 1 atom stereocenters. The van der Waals surface area contributed by atoms with Crippen molar-refractivity contribution in [2.75, 3.05) is 57.6 Å². The fourth-order valence-electron chi connectivity index (χ4n) is 5.62. The van der Waals surface area contributed by atoms with Gasteiger partial charge >= 0.3 is 0 Å². The van der Waals surface area contributed by atoms with Gasteiger partial charge in [-0.25, -0.2) is 0 Å². The third-order valence-electron chi connectivity index (χ3n) is 7.37. The van der Waals surface area contributed by atoms with Crippen LogP contribution in [0.15, 0.2) is 12.1 Å². The summed E-state index contributed by atoms with van der Waals surface area (Å²) in [5.74, 6) is 2.51. The first-order chi connectivity index (χ1) is 15.6. The van der Waals surface area contributed by atoms with Crippen molar-refractivity contribution in [2.24, 2.45) is 0 Å². The maximum atomic E-state index is 13.3. The second kappa shape index (κ2) is 9.14. The summed E-state index contributed by atoms with van der Waals surface area (Å²) >= 11 is 1.43. The smallest absolute Gasteiger partial charge is 0.233 e. The lowest BCUT2D eigenvalue weighted by Gasteiger charge is -2.46. The van der Waals surface area contributed by atoms with E-state index in [0.717, 1.165) is 30.9 Å². The zero-order valence-electron chi connectivity index (χ0n) is 18.8. The number of ether oxygens (including phenoxy) is 3. The Morgan fingerprint density at radius 3 is 2.38 bits per heavy atom. The molecular formula is C24H32N2O5S. The van der Waals surface area contributed by atoms with Crippen molar-refractivity contribution in [3.8, 4) is 11.5 Å². The van der Waals surface area contributed by atoms with Crippen LogP contribution in [0.25, 0.3) is 0 Å². The monoisotopic (exact) mass is 460 g/mol. The van der Waals surface area contributed by atoms with Crippen LogP contribution < -0.4 is 9.47 Å². The van der Waals surface area contributed by atoms with Crippen molar-refractivity contribution in [2.45, 2.75) is 44.1 Å². The minimum absolute atomic E-state index is 0.00161. The van der Waals surface area contributed by atoms with E-state index in [1.165, 1.54) is 35.7 Å². The Kier molecular flexibility index (Phi) is 6.25. The predicted molar refractivity (Wildman–Crippen MR) is 122 cm³/mol. The van der Waals surface area contributed by atoms with Gasteiger partial charge in [-0.15, -0.1) is 11.8 Å². The molecule has 2 fully saturated rings. The highest BCUT2D eigenvalue weighted by molar-refractivity contribution is 8.00. The first-order valence-electron chi connectivity index (χ1n) is 11.7. The number of amides is 2. The summed E-state index contributed by atoms with van der Waals surface area (Å²) in [6.45, 7) is 6.48. The number of benzene rings is 1. The number of hydrogen-bond acceptors (Lipinski definition) is 6. The van der Waals surface area contributed by atoms with E-state index in [9.17, 15) is 9.59 Å². The van der Waals surface area contributed by atoms with E-state index >= 15 is 0 Å². The molecule has 8 heteroatoms. The normalized spacial score (nSPS) is 23.8. The highest BCUT2D eigenvalue weighted by Crippen LogP contribution is 2.51. The van der Waals surface area contributed by atoms with Crippen LogP contribution in [0.5, 0.6) is 11.5 Å². The molecule has 0 N–H and O–H groups in total. The van der Waals surface area contributed by atoms with Crippen LogP contribution >= 0.6 is 11.8 Å². The number of nitrogens with zero attached hydrogens (tertiary/aromatic N) is 2. The van der Waals surface area contributed by atoms with Gasteiger partial charge in [0.25, 0.3) is 0 Å². The lowest BCUT2D eigenvalue weighted by atomic mass is 9.71. The summed E-state index contributed by atoms with van der Waals surface area (Å²) in [5.41, 5.74) is 2.53. The maximum absolute atomic E-state index is 13.3. The van der Waals surface area contributed by atoms with Crippen molar-refractivity contribution >= 4 is 23.6 Å². The summed E-state index contributed by atoms with van der Waals surface area (Å²) in [4.78, 5) is 29.6. The third-order valence-corrected chi connectivity index (χ3v) is 8.27. The zero-order chi connectivity index (χ0) is 22.1. The molecule has 4 aliphatic rings. The number of hydrogen-bond donors (Lipinski definition) is 0. The van der Waals surface area contributed by atoms with E-state index in [2.05, 4.69) is 19.1 Å². The number of fused-ring (bicyclic) bond motifs is 3. The Morgan fingerprint density at radius 2 is 1.66 bits per heavy atom. The van der Waals surface area contributed by atoms with Gasteiger partial charge in [0, 0.05) is 25.0 Å². The summed E-state index contributed by atoms with van der Waals surface area (Å²) in [5, 5.41) is 0. The molecule has 0 aromatic heterocycles. The van der Waals surface area contributed by atoms with Gasteiger partial charge in [-0.2, -0.15) is 0 Å². The van der Waals surface area contributed by atoms with Crippen LogP contribution in [0.1, 0.15) is 49.8 Å². The molecule has 1 aromatic carbocycles. The van der Waals surface area contributed by atoms with E-state index < -0.39 is 0 Å². The van der Waals surface area contributed by atoms with Gasteiger partial charge in [0.1, 0.15) is 13.2 Å². The van der Waals surface area contributed by atoms with Crippen molar-refractivity contribution in [1.82, 2.24) is 9.80 Å². The zero-order valence-corrected chi connectivity index (χ0v) is 19.6. The number of carbonyl (C=O) groups is 2. The van der Waals surface area contributed by atoms with Crippen LogP contribution in [0, 0.1) is 0 Å². The lowest BCUT2D eigenvalue weighted by molar-refractivity contribution is -0.132. The molecule has 7 nitrogen and oxygen atoms in total. The van der Waals surface area contributed by atoms with Crippen molar-refractivity contribution < 1.29 is 23.8 Å². The van der Waals surface area contributed by atoms with E-state index in [1.54, 1.807) is 0 Å². The largest absolute Gasteiger partial charge is 0.486 e. The molecule has 1 unspecified atom stereocenters. The van der Waals surface area contributed by atoms with Gasteiger partial charge in [-0.3, -0.25) is 9.59 Å². The van der Waals surface area contributed by atoms with Gasteiger partial charge in [0.2, 0.25) is 11.8 Å². The SMILES string of the molecule is CC1c2cc3c(cc2C2(CCCC2)CN1C(=O)CSCC(=O)N1CCOCC1)OCCO3. The van der Waals surface area contributed by atoms with Crippen LogP contribution in [0.3, 0.4) is 0 Å². The Bertz CT molecular complexity index is 879. The number of carbonyl (C=O) groups excluding carboxylic acids is 2. The molecule has 32 heavy (non-hydrogen) atoms. The summed E-state index contributed by atoms with van der Waals surface area (Å²) in [6.07, 6.45) is 4.57. The molecule has 3 aliphatic heterocycles. The molecule has 1 saturated heterocycles. The summed E-state index contributed by atoms with van der Waals surface area (Å²) in [7, 11) is 0. The lowest BCUT2D eigenvalue weighted by Crippen LogP contribution is -2.49. The maximum Gasteiger partial charge on any atom is 0.233 e. The molecule has 5 rings (SSSR count). The van der Waals surface area contributed by atoms with E-state index in [1.807, 2.05) is 9.80 Å². The minimum atomic E-state index is -0.0184. The van der Waals surface area contributed by atoms with Crippen LogP contribution in [0.2, 0.25) is 0 Å². The molecular weight excluding hydrogens is 428 g/mol. The molecule has 1 spiro atoms. The number of rotatable bonds is 4. The van der Waals surface area contributed by atoms with Gasteiger partial charge in [-0.05, 0) is 43.0 Å². The predicted octanol–water partition coefficient (Wildman–Crippen LogP) is 2.76. The van der Waals surface area contributed by atoms with E-state index in [0.29, 0.717) is 51.0 Å². The Labute approximate surface area is 193 Å². The molecule has 0 radical (unpaired) electrons. The molecule has 1 aliphatic carbocycles. The Hall–Kier alpha value is -1.93. The van der Waals surface area contributed by atoms with Crippen molar-refractivity contribution in [1.29, 1.82) is 0 Å². The highest BCUT2D eigenvalue weighted by Gasteiger charge is 2.46. The molecule has 1 saturated carbocycles. The Balaban J connectivity index is 1.30. The van der Waals surface area contributed by atoms with Crippen LogP contribution in [-0.2, 0) is 19.7 Å². The standard InChI is InChI=1S/C24H32N2O5S/c1-17-18-12-20-21(31-11-10-30-20)13-19(18)24(4-2-3-5-24)16-26(17)23(28)15-32-14-22(27)25-6-8-29-9-7-25/h12-13,17H,2-11,14-16H2,1H3. The average molecular weight is 461 g/mol. The first kappa shape index (κ1) is 21.9. The first-order valence-corrected chi connectivity index (χ1v) is 12.9. The highest BCUT2D eigenvalue weighted by atomic mass is 32.2. The number of morpholine rings is 1. The molecule has 2 amide bonds. The van der Waals surface area contributed by atoms with E-state index in [-0.39, 0.29) is 23.3 Å². The number of thioether (sulfide) groups is 1. The third kappa shape index (κ3) is 4.07. The second-order valence-electron chi connectivity index (χ2n) is 9.25. The summed E-state index contributed by atoms with van der Waals surface area (Å²) in [6, 6.07) is 4.27. The van der Waals surface area contributed by atoms with Crippen molar-refractivity contribution in [3.05, 3.63) is 23.3 Å². The topological polar surface area (TPSA) is 68.3 Å². The quantitative estimate of drug-likeness (QED) is 0.688. The summed E-state index contributed by atoms with van der Waals surface area (Å²) < 4.78 is 17.0. The van der Waals surface area contributed by atoms with Gasteiger partial charge in [0.15, 0.2) is 11.5 Å². The van der Waals surface area contributed by atoms with Gasteiger partial charge in [-0.1, -0.05) is 12.8 Å². The molecule has 3 heterocycles. The van der Waals surface area contributed by atoms with Crippen LogP contribution in [-0.4, -0.2) is 79.2 Å². The molecule has 0 bridgehead atoms. The van der Waals surface area contributed by atoms with Crippen LogP contribution in [0.4, 0.5) is 0 Å². The molecule has 174 valence electrons. The average Bonchev–Trinajstić information content (AvgIpc) is 3.30. The fourth-order valence-corrected chi connectivity index (χ4v) is 6.42. The van der Waals surface area contributed by atoms with Gasteiger partial charge < -0.3 is 24.0 Å². The fraction of sp³-hybridized carbons (Fsp3) is 0.667. The van der Waals surface area contributed by atoms with E-state index in [4.69, 9.17) is 14.2 Å². The Morgan fingerprint density at radius 1 is 1.00 bits per heavy atom. The minimum Gasteiger partial charge on any atom is -0.486 e. The van der Waals surface area contributed by atoms with Crippen molar-refractivity contribution in [3.63, 3.8) is 0 Å². The second-order valence-corrected chi connectivity index (χ2v) is 10.2.